The first-order chi connectivity index (χ1) is 11.5. The van der Waals surface area contributed by atoms with Crippen molar-refractivity contribution in [2.24, 2.45) is 5.10 Å². The topological polar surface area (TPSA) is 77.0 Å². The Balaban J connectivity index is 1.75. The molecule has 1 N–H and O–H groups in total. The second-order valence-electron chi connectivity index (χ2n) is 5.08. The van der Waals surface area contributed by atoms with Gasteiger partial charge in [-0.25, -0.2) is 4.83 Å². The van der Waals surface area contributed by atoms with E-state index >= 15 is 0 Å². The van der Waals surface area contributed by atoms with Gasteiger partial charge in [-0.15, -0.1) is 0 Å². The highest BCUT2D eigenvalue weighted by Crippen LogP contribution is 2.36. The van der Waals surface area contributed by atoms with Crippen molar-refractivity contribution in [3.63, 3.8) is 0 Å². The molecule has 1 aliphatic heterocycles. The van der Waals surface area contributed by atoms with Gasteiger partial charge in [0, 0.05) is 11.6 Å². The summed E-state index contributed by atoms with van der Waals surface area (Å²) in [5.41, 5.74) is 1.58. The maximum atomic E-state index is 12.2. The number of hydrogen-bond acceptors (Lipinski definition) is 5. The largest absolute Gasteiger partial charge is 0.454 e. The number of ether oxygens (including phenoxy) is 2. The van der Waals surface area contributed by atoms with Crippen molar-refractivity contribution in [3.8, 4) is 11.5 Å². The minimum atomic E-state index is -3.73. The Labute approximate surface area is 145 Å². The van der Waals surface area contributed by atoms with Gasteiger partial charge in [-0.1, -0.05) is 30.7 Å². The highest BCUT2D eigenvalue weighted by atomic mass is 35.5. The summed E-state index contributed by atoms with van der Waals surface area (Å²) in [6, 6.07) is 9.87. The van der Waals surface area contributed by atoms with E-state index in [2.05, 4.69) is 9.93 Å². The molecule has 1 heterocycles. The van der Waals surface area contributed by atoms with E-state index in [1.807, 2.05) is 6.92 Å². The number of aryl methyl sites for hydroxylation is 1. The maximum absolute atomic E-state index is 12.2. The first-order valence-corrected chi connectivity index (χ1v) is 9.08. The molecule has 3 rings (SSSR count). The molecule has 24 heavy (non-hydrogen) atoms. The first kappa shape index (κ1) is 16.6. The van der Waals surface area contributed by atoms with Crippen molar-refractivity contribution in [2.45, 2.75) is 18.2 Å². The van der Waals surface area contributed by atoms with Crippen LogP contribution in [0.4, 0.5) is 0 Å². The Morgan fingerprint density at radius 1 is 1.21 bits per heavy atom. The Hall–Kier alpha value is -2.25. The summed E-state index contributed by atoms with van der Waals surface area (Å²) in [5, 5.41) is 4.16. The van der Waals surface area contributed by atoms with Gasteiger partial charge in [0.2, 0.25) is 6.79 Å². The van der Waals surface area contributed by atoms with E-state index in [4.69, 9.17) is 21.1 Å². The van der Waals surface area contributed by atoms with Gasteiger partial charge in [-0.2, -0.15) is 13.5 Å². The molecule has 0 atom stereocenters. The number of hydrazone groups is 1. The number of nitrogens with one attached hydrogen (secondary N) is 1. The number of hydrogen-bond donors (Lipinski definition) is 1. The van der Waals surface area contributed by atoms with Crippen molar-refractivity contribution < 1.29 is 17.9 Å². The van der Waals surface area contributed by atoms with Crippen LogP contribution >= 0.6 is 11.6 Å². The second kappa shape index (κ2) is 6.70. The summed E-state index contributed by atoms with van der Waals surface area (Å²) >= 11 is 6.10. The molecule has 6 nitrogen and oxygen atoms in total. The first-order valence-electron chi connectivity index (χ1n) is 7.22. The number of fused-ring (bicyclic) bond motifs is 1. The van der Waals surface area contributed by atoms with Gasteiger partial charge in [-0.05, 0) is 30.2 Å². The molecule has 8 heteroatoms. The second-order valence-corrected chi connectivity index (χ2v) is 7.15. The monoisotopic (exact) mass is 366 g/mol. The van der Waals surface area contributed by atoms with E-state index in [1.54, 1.807) is 36.4 Å². The molecule has 0 amide bonds. The Bertz CT molecular complexity index is 880. The van der Waals surface area contributed by atoms with Gasteiger partial charge in [0.25, 0.3) is 10.0 Å². The fourth-order valence-corrected chi connectivity index (χ4v) is 3.15. The Morgan fingerprint density at radius 3 is 2.54 bits per heavy atom. The lowest BCUT2D eigenvalue weighted by Gasteiger charge is -2.05. The fraction of sp³-hybridized carbons (Fsp3) is 0.188. The quantitative estimate of drug-likeness (QED) is 0.652. The van der Waals surface area contributed by atoms with Gasteiger partial charge >= 0.3 is 0 Å². The summed E-state index contributed by atoms with van der Waals surface area (Å²) in [6.45, 7) is 2.13. The predicted octanol–water partition coefficient (Wildman–Crippen LogP) is 2.94. The van der Waals surface area contributed by atoms with Crippen LogP contribution in [0.25, 0.3) is 0 Å². The average Bonchev–Trinajstić information content (AvgIpc) is 3.02. The molecule has 1 aliphatic rings. The van der Waals surface area contributed by atoms with E-state index in [0.29, 0.717) is 22.1 Å². The van der Waals surface area contributed by atoms with Crippen LogP contribution < -0.4 is 14.3 Å². The van der Waals surface area contributed by atoms with Crippen LogP contribution in [0, 0.1) is 0 Å². The minimum absolute atomic E-state index is 0.132. The highest BCUT2D eigenvalue weighted by molar-refractivity contribution is 7.89. The molecule has 2 aromatic rings. The number of halogens is 1. The zero-order valence-electron chi connectivity index (χ0n) is 12.8. The molecule has 0 saturated carbocycles. The Morgan fingerprint density at radius 2 is 1.88 bits per heavy atom. The summed E-state index contributed by atoms with van der Waals surface area (Å²) in [6.07, 6.45) is 2.16. The van der Waals surface area contributed by atoms with Gasteiger partial charge < -0.3 is 9.47 Å². The number of rotatable bonds is 5. The zero-order chi connectivity index (χ0) is 17.2. The number of sulfonamides is 1. The molecule has 0 aromatic heterocycles. The molecular formula is C16H15ClN2O4S. The van der Waals surface area contributed by atoms with Crippen molar-refractivity contribution in [2.75, 3.05) is 6.79 Å². The molecule has 0 unspecified atom stereocenters. The molecule has 126 valence electrons. The number of nitrogens with zero attached hydrogens (tertiary/aromatic N) is 1. The summed E-state index contributed by atoms with van der Waals surface area (Å²) in [7, 11) is -3.73. The third kappa shape index (κ3) is 3.47. The third-order valence-corrected chi connectivity index (χ3v) is 5.08. The van der Waals surface area contributed by atoms with E-state index < -0.39 is 10.0 Å². The van der Waals surface area contributed by atoms with Gasteiger partial charge in [0.05, 0.1) is 16.1 Å². The molecular weight excluding hydrogens is 352 g/mol. The van der Waals surface area contributed by atoms with Crippen LogP contribution in [0.1, 0.15) is 18.1 Å². The van der Waals surface area contributed by atoms with Crippen LogP contribution in [0.5, 0.6) is 11.5 Å². The average molecular weight is 367 g/mol. The van der Waals surface area contributed by atoms with Crippen molar-refractivity contribution in [1.29, 1.82) is 0 Å². The molecule has 2 aromatic carbocycles. The molecule has 0 radical (unpaired) electrons. The maximum Gasteiger partial charge on any atom is 0.276 e. The van der Waals surface area contributed by atoms with Crippen molar-refractivity contribution in [1.82, 2.24) is 4.83 Å². The standard InChI is InChI=1S/C16H15ClN2O4S/c1-2-11-3-5-13(6-4-11)24(20,21)19-18-9-12-7-15-16(8-14(12)17)23-10-22-15/h3-9,19H,2,10H2,1H3/b18-9-. The molecule has 0 spiro atoms. The van der Waals surface area contributed by atoms with Crippen molar-refractivity contribution in [3.05, 3.63) is 52.5 Å². The van der Waals surface area contributed by atoms with Crippen LogP contribution in [0.15, 0.2) is 46.4 Å². The number of benzene rings is 2. The van der Waals surface area contributed by atoms with E-state index in [9.17, 15) is 8.42 Å². The zero-order valence-corrected chi connectivity index (χ0v) is 14.4. The van der Waals surface area contributed by atoms with Crippen molar-refractivity contribution >= 4 is 27.8 Å². The fourth-order valence-electron chi connectivity index (χ4n) is 2.15. The lowest BCUT2D eigenvalue weighted by Crippen LogP contribution is -2.18. The predicted molar refractivity (Wildman–Crippen MR) is 91.3 cm³/mol. The highest BCUT2D eigenvalue weighted by Gasteiger charge is 2.16. The smallest absolute Gasteiger partial charge is 0.276 e. The SMILES string of the molecule is CCc1ccc(S(=O)(=O)N/N=C\c2cc3c(cc2Cl)OCO3)cc1. The third-order valence-electron chi connectivity index (χ3n) is 3.51. The summed E-state index contributed by atoms with van der Waals surface area (Å²) in [4.78, 5) is 2.31. The van der Waals surface area contributed by atoms with E-state index in [1.165, 1.54) is 6.21 Å². The van der Waals surface area contributed by atoms with E-state index in [-0.39, 0.29) is 11.7 Å². The van der Waals surface area contributed by atoms with Gasteiger partial charge in [-0.3, -0.25) is 0 Å². The van der Waals surface area contributed by atoms with Gasteiger partial charge in [0.15, 0.2) is 11.5 Å². The lowest BCUT2D eigenvalue weighted by molar-refractivity contribution is 0.174. The summed E-state index contributed by atoms with van der Waals surface area (Å²) < 4.78 is 34.8. The molecule has 0 fully saturated rings. The normalized spacial score (nSPS) is 13.4. The van der Waals surface area contributed by atoms with Crippen LogP contribution in [0.3, 0.4) is 0 Å². The lowest BCUT2D eigenvalue weighted by atomic mass is 10.2. The molecule has 0 bridgehead atoms. The van der Waals surface area contributed by atoms with Crippen LogP contribution in [-0.4, -0.2) is 21.4 Å². The molecule has 0 saturated heterocycles. The Kier molecular flexibility index (Phi) is 4.64. The van der Waals surface area contributed by atoms with Gasteiger partial charge in [0.1, 0.15) is 0 Å². The van der Waals surface area contributed by atoms with Crippen LogP contribution in [0.2, 0.25) is 5.02 Å². The van der Waals surface area contributed by atoms with Crippen LogP contribution in [-0.2, 0) is 16.4 Å². The summed E-state index contributed by atoms with van der Waals surface area (Å²) in [5.74, 6) is 1.09. The minimum Gasteiger partial charge on any atom is -0.454 e. The molecule has 0 aliphatic carbocycles. The van der Waals surface area contributed by atoms with E-state index in [0.717, 1.165) is 12.0 Å².